The summed E-state index contributed by atoms with van der Waals surface area (Å²) in [5.41, 5.74) is 5.63. The normalized spacial score (nSPS) is 12.8. The second-order valence-electron chi connectivity index (χ2n) is 4.66. The lowest BCUT2D eigenvalue weighted by atomic mass is 10.1. The van der Waals surface area contributed by atoms with Gasteiger partial charge in [0.2, 0.25) is 0 Å². The molecule has 1 aromatic carbocycles. The van der Waals surface area contributed by atoms with Crippen molar-refractivity contribution in [3.8, 4) is 0 Å². The van der Waals surface area contributed by atoms with E-state index in [0.717, 1.165) is 27.9 Å². The number of hydrogen-bond acceptors (Lipinski definition) is 4. The van der Waals surface area contributed by atoms with Crippen LogP contribution in [-0.2, 0) is 0 Å². The van der Waals surface area contributed by atoms with Crippen LogP contribution >= 0.6 is 11.6 Å². The topological polar surface area (TPSA) is 64.1 Å². The van der Waals surface area contributed by atoms with Crippen LogP contribution in [0.3, 0.4) is 0 Å². The number of benzene rings is 1. The number of nitrogens with one attached hydrogen (secondary N) is 1. The van der Waals surface area contributed by atoms with Crippen LogP contribution < -0.4 is 11.3 Å². The van der Waals surface area contributed by atoms with Crippen LogP contribution in [0.5, 0.6) is 0 Å². The molecule has 3 rings (SSSR count). The van der Waals surface area contributed by atoms with Gasteiger partial charge in [-0.05, 0) is 30.2 Å². The van der Waals surface area contributed by atoms with Crippen molar-refractivity contribution in [2.75, 3.05) is 0 Å². The van der Waals surface area contributed by atoms with E-state index in [1.165, 1.54) is 0 Å². The van der Waals surface area contributed by atoms with E-state index in [1.54, 1.807) is 12.3 Å². The van der Waals surface area contributed by atoms with Crippen molar-refractivity contribution in [2.45, 2.75) is 13.0 Å². The molecule has 3 N–H and O–H groups in total. The first-order chi connectivity index (χ1) is 9.69. The first kappa shape index (κ1) is 13.1. The highest BCUT2D eigenvalue weighted by molar-refractivity contribution is 6.29. The van der Waals surface area contributed by atoms with Crippen LogP contribution in [0.1, 0.15) is 22.9 Å². The Morgan fingerprint density at radius 3 is 2.80 bits per heavy atom. The molecule has 3 aromatic rings. The molecule has 0 saturated carbocycles. The number of para-hydroxylation sites is 1. The molecule has 0 fully saturated rings. The molecule has 2 aromatic heterocycles. The average Bonchev–Trinajstić information content (AvgIpc) is 2.87. The molecule has 4 nitrogen and oxygen atoms in total. The minimum atomic E-state index is -0.258. The second kappa shape index (κ2) is 5.25. The van der Waals surface area contributed by atoms with Crippen molar-refractivity contribution >= 4 is 22.6 Å². The number of nitrogens with two attached hydrogens (primary N) is 1. The second-order valence-corrected chi connectivity index (χ2v) is 5.04. The highest BCUT2D eigenvalue weighted by Crippen LogP contribution is 2.29. The van der Waals surface area contributed by atoms with Crippen LogP contribution in [0, 0.1) is 6.92 Å². The van der Waals surface area contributed by atoms with Crippen LogP contribution in [0.2, 0.25) is 5.15 Å². The van der Waals surface area contributed by atoms with Gasteiger partial charge < -0.3 is 4.42 Å². The number of aryl methyl sites for hydroxylation is 1. The molecule has 0 aliphatic carbocycles. The van der Waals surface area contributed by atoms with Gasteiger partial charge in [-0.3, -0.25) is 5.84 Å². The molecule has 0 saturated heterocycles. The lowest BCUT2D eigenvalue weighted by Gasteiger charge is -2.13. The van der Waals surface area contributed by atoms with Crippen molar-refractivity contribution in [3.63, 3.8) is 0 Å². The van der Waals surface area contributed by atoms with Gasteiger partial charge in [0.15, 0.2) is 0 Å². The van der Waals surface area contributed by atoms with Gasteiger partial charge in [-0.15, -0.1) is 0 Å². The summed E-state index contributed by atoms with van der Waals surface area (Å²) in [6.45, 7) is 2.02. The van der Waals surface area contributed by atoms with E-state index in [0.29, 0.717) is 5.15 Å². The quantitative estimate of drug-likeness (QED) is 0.440. The maximum absolute atomic E-state index is 5.93. The largest absolute Gasteiger partial charge is 0.459 e. The molecule has 0 aliphatic heterocycles. The minimum absolute atomic E-state index is 0.258. The summed E-state index contributed by atoms with van der Waals surface area (Å²) in [6, 6.07) is 11.4. The summed E-state index contributed by atoms with van der Waals surface area (Å²) in [6.07, 6.45) is 1.69. The van der Waals surface area contributed by atoms with E-state index in [2.05, 4.69) is 10.4 Å². The van der Waals surface area contributed by atoms with E-state index < -0.39 is 0 Å². The molecule has 1 atom stereocenters. The summed E-state index contributed by atoms with van der Waals surface area (Å²) in [4.78, 5) is 4.07. The molecule has 2 heterocycles. The Labute approximate surface area is 121 Å². The fourth-order valence-electron chi connectivity index (χ4n) is 2.27. The first-order valence-electron chi connectivity index (χ1n) is 6.25. The summed E-state index contributed by atoms with van der Waals surface area (Å²) >= 11 is 5.80. The van der Waals surface area contributed by atoms with Gasteiger partial charge in [-0.2, -0.15) is 0 Å². The van der Waals surface area contributed by atoms with Crippen molar-refractivity contribution in [2.24, 2.45) is 5.84 Å². The van der Waals surface area contributed by atoms with Crippen LogP contribution in [0.15, 0.2) is 47.0 Å². The molecule has 20 heavy (non-hydrogen) atoms. The van der Waals surface area contributed by atoms with Gasteiger partial charge in [0, 0.05) is 11.6 Å². The molecule has 0 bridgehead atoms. The van der Waals surface area contributed by atoms with Gasteiger partial charge in [0.05, 0.1) is 0 Å². The van der Waals surface area contributed by atoms with Crippen molar-refractivity contribution < 1.29 is 4.42 Å². The Balaban J connectivity index is 2.07. The summed E-state index contributed by atoms with van der Waals surface area (Å²) in [5, 5.41) is 1.51. The third-order valence-corrected chi connectivity index (χ3v) is 3.52. The predicted molar refractivity (Wildman–Crippen MR) is 79.4 cm³/mol. The number of nitrogens with zero attached hydrogens (tertiary/aromatic N) is 1. The zero-order chi connectivity index (χ0) is 14.1. The van der Waals surface area contributed by atoms with Crippen LogP contribution in [-0.4, -0.2) is 4.98 Å². The van der Waals surface area contributed by atoms with Crippen molar-refractivity contribution in [1.82, 2.24) is 10.4 Å². The summed E-state index contributed by atoms with van der Waals surface area (Å²) < 4.78 is 5.93. The molecule has 1 unspecified atom stereocenters. The minimum Gasteiger partial charge on any atom is -0.459 e. The van der Waals surface area contributed by atoms with Gasteiger partial charge >= 0.3 is 0 Å². The Hall–Kier alpha value is -1.88. The van der Waals surface area contributed by atoms with E-state index in [4.69, 9.17) is 21.9 Å². The van der Waals surface area contributed by atoms with E-state index in [1.807, 2.05) is 37.3 Å². The Morgan fingerprint density at radius 1 is 1.30 bits per heavy atom. The molecular weight excluding hydrogens is 274 g/mol. The highest BCUT2D eigenvalue weighted by atomic mass is 35.5. The fourth-order valence-corrected chi connectivity index (χ4v) is 2.38. The maximum atomic E-state index is 5.93. The summed E-state index contributed by atoms with van der Waals surface area (Å²) in [7, 11) is 0. The van der Waals surface area contributed by atoms with Crippen LogP contribution in [0.4, 0.5) is 0 Å². The van der Waals surface area contributed by atoms with E-state index in [-0.39, 0.29) is 6.04 Å². The monoisotopic (exact) mass is 287 g/mol. The number of rotatable bonds is 3. The molecule has 0 aliphatic rings. The Morgan fingerprint density at radius 2 is 2.15 bits per heavy atom. The van der Waals surface area contributed by atoms with Gasteiger partial charge in [0.1, 0.15) is 22.5 Å². The molecule has 0 radical (unpaired) electrons. The SMILES string of the molecule is Cc1cccc2cc(C(NN)c3ccc(Cl)nc3)oc12. The van der Waals surface area contributed by atoms with Gasteiger partial charge in [-0.1, -0.05) is 35.9 Å². The molecular formula is C15H14ClN3O. The third kappa shape index (κ3) is 2.29. The lowest BCUT2D eigenvalue weighted by molar-refractivity contribution is 0.475. The van der Waals surface area contributed by atoms with Crippen LogP contribution in [0.25, 0.3) is 11.0 Å². The molecule has 102 valence electrons. The Kier molecular flexibility index (Phi) is 3.44. The number of fused-ring (bicyclic) bond motifs is 1. The molecule has 0 spiro atoms. The zero-order valence-electron chi connectivity index (χ0n) is 10.9. The number of hydrazine groups is 1. The number of aromatic nitrogens is 1. The van der Waals surface area contributed by atoms with Gasteiger partial charge in [-0.25, -0.2) is 10.4 Å². The molecule has 0 amide bonds. The number of pyridine rings is 1. The summed E-state index contributed by atoms with van der Waals surface area (Å²) in [5.74, 6) is 6.41. The van der Waals surface area contributed by atoms with Crippen molar-refractivity contribution in [1.29, 1.82) is 0 Å². The number of hydrogen-bond donors (Lipinski definition) is 2. The first-order valence-corrected chi connectivity index (χ1v) is 6.63. The fraction of sp³-hybridized carbons (Fsp3) is 0.133. The lowest BCUT2D eigenvalue weighted by Crippen LogP contribution is -2.28. The van der Waals surface area contributed by atoms with E-state index in [9.17, 15) is 0 Å². The highest BCUT2D eigenvalue weighted by Gasteiger charge is 2.18. The smallest absolute Gasteiger partial charge is 0.137 e. The predicted octanol–water partition coefficient (Wildman–Crippen LogP) is 3.34. The van der Waals surface area contributed by atoms with Gasteiger partial charge in [0.25, 0.3) is 0 Å². The third-order valence-electron chi connectivity index (χ3n) is 3.29. The average molecular weight is 288 g/mol. The number of furan rings is 1. The zero-order valence-corrected chi connectivity index (χ0v) is 11.7. The number of halogens is 1. The Bertz CT molecular complexity index is 736. The maximum Gasteiger partial charge on any atom is 0.137 e. The molecule has 5 heteroatoms. The van der Waals surface area contributed by atoms with Crippen molar-refractivity contribution in [3.05, 3.63) is 64.6 Å². The van der Waals surface area contributed by atoms with E-state index >= 15 is 0 Å². The standard InChI is InChI=1S/C15H14ClN3O/c1-9-3-2-4-10-7-12(20-15(9)10)14(19-17)11-5-6-13(16)18-8-11/h2-8,14,19H,17H2,1H3.